The van der Waals surface area contributed by atoms with E-state index >= 15 is 0 Å². The molecule has 16 heavy (non-hydrogen) atoms. The molecular formula is C10H17N3O2S. The van der Waals surface area contributed by atoms with Gasteiger partial charge < -0.3 is 5.73 Å². The second kappa shape index (κ2) is 5.18. The van der Waals surface area contributed by atoms with Gasteiger partial charge in [-0.1, -0.05) is 6.92 Å². The molecular weight excluding hydrogens is 226 g/mol. The molecule has 0 bridgehead atoms. The molecule has 0 saturated heterocycles. The highest BCUT2D eigenvalue weighted by Crippen LogP contribution is 2.16. The molecule has 0 fully saturated rings. The van der Waals surface area contributed by atoms with Crippen LogP contribution in [0.2, 0.25) is 0 Å². The van der Waals surface area contributed by atoms with Crippen LogP contribution < -0.4 is 14.8 Å². The number of nitrogens with one attached hydrogen (secondary N) is 1. The highest BCUT2D eigenvalue weighted by Gasteiger charge is 2.16. The number of benzene rings is 1. The Balaban J connectivity index is 2.84. The predicted molar refractivity (Wildman–Crippen MR) is 66.5 cm³/mol. The molecule has 90 valence electrons. The third-order valence-electron chi connectivity index (χ3n) is 2.15. The Bertz CT molecular complexity index is 428. The summed E-state index contributed by atoms with van der Waals surface area (Å²) in [7, 11) is -1.94. The largest absolute Gasteiger partial charge is 0.399 e. The number of nitrogens with two attached hydrogens (primary N) is 1. The lowest BCUT2D eigenvalue weighted by Gasteiger charge is -2.19. The van der Waals surface area contributed by atoms with Crippen molar-refractivity contribution < 1.29 is 8.42 Å². The van der Waals surface area contributed by atoms with Crippen molar-refractivity contribution in [3.8, 4) is 0 Å². The molecule has 0 aliphatic heterocycles. The van der Waals surface area contributed by atoms with Crippen LogP contribution in [0.25, 0.3) is 0 Å². The third kappa shape index (κ3) is 3.11. The maximum absolute atomic E-state index is 11.8. The first-order chi connectivity index (χ1) is 7.47. The highest BCUT2D eigenvalue weighted by molar-refractivity contribution is 7.90. The number of hydrogen-bond donors (Lipinski definition) is 2. The van der Waals surface area contributed by atoms with E-state index in [1.807, 2.05) is 6.92 Å². The van der Waals surface area contributed by atoms with Crippen molar-refractivity contribution in [3.63, 3.8) is 0 Å². The predicted octanol–water partition coefficient (Wildman–Crippen LogP) is 0.949. The third-order valence-corrected chi connectivity index (χ3v) is 3.65. The fraction of sp³-hybridized carbons (Fsp3) is 0.400. The van der Waals surface area contributed by atoms with E-state index in [9.17, 15) is 8.42 Å². The molecule has 0 atom stereocenters. The molecule has 3 N–H and O–H groups in total. The van der Waals surface area contributed by atoms with Gasteiger partial charge in [-0.2, -0.15) is 13.1 Å². The van der Waals surface area contributed by atoms with Gasteiger partial charge in [-0.05, 0) is 30.7 Å². The van der Waals surface area contributed by atoms with Gasteiger partial charge in [0, 0.05) is 19.3 Å². The molecule has 0 radical (unpaired) electrons. The molecule has 1 aromatic rings. The van der Waals surface area contributed by atoms with Crippen LogP contribution in [0, 0.1) is 0 Å². The second-order valence-corrected chi connectivity index (χ2v) is 5.24. The molecule has 0 heterocycles. The molecule has 0 aliphatic carbocycles. The summed E-state index contributed by atoms with van der Waals surface area (Å²) in [6.07, 6.45) is 0.759. The molecule has 0 aromatic heterocycles. The van der Waals surface area contributed by atoms with Gasteiger partial charge in [0.25, 0.3) is 0 Å². The van der Waals surface area contributed by atoms with Gasteiger partial charge in [0.1, 0.15) is 0 Å². The van der Waals surface area contributed by atoms with Crippen molar-refractivity contribution >= 4 is 21.6 Å². The van der Waals surface area contributed by atoms with Crippen LogP contribution in [-0.4, -0.2) is 22.0 Å². The fourth-order valence-corrected chi connectivity index (χ4v) is 2.21. The average molecular weight is 243 g/mol. The lowest BCUT2D eigenvalue weighted by atomic mass is 10.3. The molecule has 1 rings (SSSR count). The number of rotatable bonds is 5. The average Bonchev–Trinajstić information content (AvgIpc) is 2.26. The van der Waals surface area contributed by atoms with Crippen molar-refractivity contribution in [2.45, 2.75) is 13.3 Å². The lowest BCUT2D eigenvalue weighted by molar-refractivity contribution is 0.579. The molecule has 0 saturated carbocycles. The Hall–Kier alpha value is -1.27. The minimum atomic E-state index is -3.45. The topological polar surface area (TPSA) is 75.4 Å². The summed E-state index contributed by atoms with van der Waals surface area (Å²) in [6, 6.07) is 6.67. The van der Waals surface area contributed by atoms with Gasteiger partial charge in [-0.25, -0.2) is 0 Å². The van der Waals surface area contributed by atoms with E-state index in [1.54, 1.807) is 24.3 Å². The Kier molecular flexibility index (Phi) is 4.14. The van der Waals surface area contributed by atoms with Crippen LogP contribution in [0.3, 0.4) is 0 Å². The van der Waals surface area contributed by atoms with Crippen molar-refractivity contribution in [3.05, 3.63) is 24.3 Å². The number of anilines is 2. The SMILES string of the molecule is CCCNS(=O)(=O)N(C)c1ccc(N)cc1. The number of nitrogens with zero attached hydrogens (tertiary/aromatic N) is 1. The van der Waals surface area contributed by atoms with Crippen LogP contribution in [0.5, 0.6) is 0 Å². The zero-order valence-electron chi connectivity index (χ0n) is 9.47. The maximum Gasteiger partial charge on any atom is 0.301 e. The van der Waals surface area contributed by atoms with E-state index in [0.717, 1.165) is 6.42 Å². The van der Waals surface area contributed by atoms with Crippen LogP contribution in [0.1, 0.15) is 13.3 Å². The van der Waals surface area contributed by atoms with Gasteiger partial charge in [-0.3, -0.25) is 4.31 Å². The Labute approximate surface area is 96.4 Å². The first kappa shape index (κ1) is 12.8. The summed E-state index contributed by atoms with van der Waals surface area (Å²) in [5.41, 5.74) is 6.72. The lowest BCUT2D eigenvalue weighted by Crippen LogP contribution is -2.38. The van der Waals surface area contributed by atoms with Crippen molar-refractivity contribution in [1.29, 1.82) is 0 Å². The molecule has 0 amide bonds. The van der Waals surface area contributed by atoms with Gasteiger partial charge in [-0.15, -0.1) is 0 Å². The molecule has 0 aliphatic rings. The van der Waals surface area contributed by atoms with Gasteiger partial charge in [0.15, 0.2) is 0 Å². The summed E-state index contributed by atoms with van der Waals surface area (Å²) < 4.78 is 27.2. The highest BCUT2D eigenvalue weighted by atomic mass is 32.2. The van der Waals surface area contributed by atoms with Crippen molar-refractivity contribution in [2.75, 3.05) is 23.6 Å². The van der Waals surface area contributed by atoms with Gasteiger partial charge in [0.05, 0.1) is 5.69 Å². The van der Waals surface area contributed by atoms with Gasteiger partial charge in [0.2, 0.25) is 0 Å². The smallest absolute Gasteiger partial charge is 0.301 e. The van der Waals surface area contributed by atoms with Crippen LogP contribution in [0.15, 0.2) is 24.3 Å². The molecule has 6 heteroatoms. The normalized spacial score (nSPS) is 11.4. The minimum absolute atomic E-state index is 0.432. The molecule has 0 spiro atoms. The Morgan fingerprint density at radius 1 is 1.31 bits per heavy atom. The van der Waals surface area contributed by atoms with E-state index < -0.39 is 10.2 Å². The molecule has 0 unspecified atom stereocenters. The maximum atomic E-state index is 11.8. The van der Waals surface area contributed by atoms with E-state index in [0.29, 0.717) is 17.9 Å². The summed E-state index contributed by atoms with van der Waals surface area (Å²) in [5.74, 6) is 0. The summed E-state index contributed by atoms with van der Waals surface area (Å²) in [6.45, 7) is 2.34. The first-order valence-corrected chi connectivity index (χ1v) is 6.50. The quantitative estimate of drug-likeness (QED) is 0.756. The van der Waals surface area contributed by atoms with Crippen LogP contribution >= 0.6 is 0 Å². The Morgan fingerprint density at radius 2 is 1.88 bits per heavy atom. The van der Waals surface area contributed by atoms with Gasteiger partial charge >= 0.3 is 10.2 Å². The summed E-state index contributed by atoms with van der Waals surface area (Å²) in [5, 5.41) is 0. The standard InChI is InChI=1S/C10H17N3O2S/c1-3-8-12-16(14,15)13(2)10-6-4-9(11)5-7-10/h4-7,12H,3,8,11H2,1-2H3. The zero-order chi connectivity index (χ0) is 12.2. The monoisotopic (exact) mass is 243 g/mol. The molecule has 1 aromatic carbocycles. The second-order valence-electron chi connectivity index (χ2n) is 3.46. The molecule has 5 nitrogen and oxygen atoms in total. The van der Waals surface area contributed by atoms with Crippen LogP contribution in [-0.2, 0) is 10.2 Å². The van der Waals surface area contributed by atoms with E-state index in [1.165, 1.54) is 11.4 Å². The number of nitrogen functional groups attached to an aromatic ring is 1. The van der Waals surface area contributed by atoms with Crippen molar-refractivity contribution in [1.82, 2.24) is 4.72 Å². The van der Waals surface area contributed by atoms with E-state index in [4.69, 9.17) is 5.73 Å². The van der Waals surface area contributed by atoms with Crippen LogP contribution in [0.4, 0.5) is 11.4 Å². The fourth-order valence-electron chi connectivity index (χ4n) is 1.15. The zero-order valence-corrected chi connectivity index (χ0v) is 10.3. The van der Waals surface area contributed by atoms with E-state index in [2.05, 4.69) is 4.72 Å². The summed E-state index contributed by atoms with van der Waals surface area (Å²) >= 11 is 0. The Morgan fingerprint density at radius 3 is 2.38 bits per heavy atom. The summed E-state index contributed by atoms with van der Waals surface area (Å²) in [4.78, 5) is 0. The minimum Gasteiger partial charge on any atom is -0.399 e. The van der Waals surface area contributed by atoms with Crippen molar-refractivity contribution in [2.24, 2.45) is 0 Å². The number of hydrogen-bond acceptors (Lipinski definition) is 3. The van der Waals surface area contributed by atoms with E-state index in [-0.39, 0.29) is 0 Å². The first-order valence-electron chi connectivity index (χ1n) is 5.06.